The van der Waals surface area contributed by atoms with Crippen molar-refractivity contribution in [3.8, 4) is 0 Å². The number of benzene rings is 5. The lowest BCUT2D eigenvalue weighted by molar-refractivity contribution is 1.28. The van der Waals surface area contributed by atoms with Crippen molar-refractivity contribution in [1.29, 1.82) is 0 Å². The summed E-state index contributed by atoms with van der Waals surface area (Å²) in [6.07, 6.45) is 2.26. The zero-order valence-corrected chi connectivity index (χ0v) is 20.3. The van der Waals surface area contributed by atoms with Crippen molar-refractivity contribution in [2.24, 2.45) is 0 Å². The van der Waals surface area contributed by atoms with Crippen molar-refractivity contribution in [2.45, 2.75) is 0 Å². The van der Waals surface area contributed by atoms with Crippen molar-refractivity contribution in [3.05, 3.63) is 161 Å². The second-order valence-corrected chi connectivity index (χ2v) is 8.94. The number of nitrogens with zero attached hydrogens (tertiary/aromatic N) is 1. The van der Waals surface area contributed by atoms with Gasteiger partial charge in [0.05, 0.1) is 0 Å². The molecule has 0 radical (unpaired) electrons. The van der Waals surface area contributed by atoms with Crippen molar-refractivity contribution < 1.29 is 0 Å². The summed E-state index contributed by atoms with van der Waals surface area (Å²) >= 11 is 3.55. The monoisotopic (exact) mass is 501 g/mol. The topological polar surface area (TPSA) is 3.24 Å². The zero-order chi connectivity index (χ0) is 23.2. The van der Waals surface area contributed by atoms with E-state index in [1.165, 1.54) is 16.7 Å². The highest BCUT2D eigenvalue weighted by Crippen LogP contribution is 2.35. The summed E-state index contributed by atoms with van der Waals surface area (Å²) in [6.45, 7) is 0. The highest BCUT2D eigenvalue weighted by atomic mass is 79.9. The maximum Gasteiger partial charge on any atom is 0.0462 e. The fraction of sp³-hybridized carbons (Fsp3) is 0. The Bertz CT molecular complexity index is 1320. The van der Waals surface area contributed by atoms with Crippen LogP contribution < -0.4 is 4.90 Å². The molecule has 2 heteroatoms. The molecule has 0 saturated carbocycles. The first-order valence-electron chi connectivity index (χ1n) is 11.3. The van der Waals surface area contributed by atoms with Crippen LogP contribution in [0.4, 0.5) is 17.1 Å². The van der Waals surface area contributed by atoms with Gasteiger partial charge in [-0.15, -0.1) is 0 Å². The minimum Gasteiger partial charge on any atom is -0.311 e. The lowest BCUT2D eigenvalue weighted by Crippen LogP contribution is -2.09. The van der Waals surface area contributed by atoms with Crippen LogP contribution in [0.25, 0.3) is 11.6 Å². The second-order valence-electron chi connectivity index (χ2n) is 8.03. The van der Waals surface area contributed by atoms with E-state index in [0.29, 0.717) is 0 Å². The fourth-order valence-electron chi connectivity index (χ4n) is 4.07. The molecule has 0 saturated heterocycles. The van der Waals surface area contributed by atoms with Gasteiger partial charge in [0.25, 0.3) is 0 Å². The molecule has 0 fully saturated rings. The summed E-state index contributed by atoms with van der Waals surface area (Å²) in [7, 11) is 0. The smallest absolute Gasteiger partial charge is 0.0462 e. The Kier molecular flexibility index (Phi) is 6.69. The lowest BCUT2D eigenvalue weighted by Gasteiger charge is -2.25. The molecule has 0 aliphatic heterocycles. The molecule has 0 bridgehead atoms. The molecule has 0 aliphatic rings. The summed E-state index contributed by atoms with van der Waals surface area (Å²) in [4.78, 5) is 2.27. The molecule has 0 aliphatic carbocycles. The van der Waals surface area contributed by atoms with Crippen molar-refractivity contribution >= 4 is 44.6 Å². The van der Waals surface area contributed by atoms with E-state index in [2.05, 4.69) is 160 Å². The van der Waals surface area contributed by atoms with Gasteiger partial charge in [0.15, 0.2) is 0 Å². The first-order chi connectivity index (χ1) is 16.8. The van der Waals surface area contributed by atoms with Gasteiger partial charge in [-0.2, -0.15) is 0 Å². The molecule has 0 amide bonds. The maximum atomic E-state index is 3.55. The third kappa shape index (κ3) is 5.03. The Morgan fingerprint density at radius 1 is 0.471 bits per heavy atom. The van der Waals surface area contributed by atoms with Crippen LogP contribution in [0.15, 0.2) is 144 Å². The van der Waals surface area contributed by atoms with E-state index in [0.717, 1.165) is 27.1 Å². The Morgan fingerprint density at radius 3 is 1.38 bits per heavy atom. The molecule has 0 atom stereocenters. The SMILES string of the molecule is Brc1ccc(N(c2ccccc2)c2ccc(C=C(c3ccccc3)c3ccccc3)cc2)cc1. The van der Waals surface area contributed by atoms with Crippen molar-refractivity contribution in [2.75, 3.05) is 4.90 Å². The van der Waals surface area contributed by atoms with Gasteiger partial charge in [-0.25, -0.2) is 0 Å². The highest BCUT2D eigenvalue weighted by molar-refractivity contribution is 9.10. The van der Waals surface area contributed by atoms with E-state index in [9.17, 15) is 0 Å². The number of halogens is 1. The van der Waals surface area contributed by atoms with Gasteiger partial charge in [-0.1, -0.05) is 107 Å². The summed E-state index contributed by atoms with van der Waals surface area (Å²) in [5, 5.41) is 0. The lowest BCUT2D eigenvalue weighted by atomic mass is 9.95. The molecular weight excluding hydrogens is 478 g/mol. The highest BCUT2D eigenvalue weighted by Gasteiger charge is 2.12. The van der Waals surface area contributed by atoms with Gasteiger partial charge >= 0.3 is 0 Å². The van der Waals surface area contributed by atoms with Gasteiger partial charge in [-0.05, 0) is 76.9 Å². The number of hydrogen-bond acceptors (Lipinski definition) is 1. The molecular formula is C32H24BrN. The average molecular weight is 502 g/mol. The first-order valence-corrected chi connectivity index (χ1v) is 12.1. The molecule has 0 unspecified atom stereocenters. The Hall–Kier alpha value is -3.88. The van der Waals surface area contributed by atoms with Gasteiger partial charge < -0.3 is 4.90 Å². The van der Waals surface area contributed by atoms with E-state index in [4.69, 9.17) is 0 Å². The average Bonchev–Trinajstić information content (AvgIpc) is 2.91. The van der Waals surface area contributed by atoms with E-state index in [1.807, 2.05) is 6.07 Å². The maximum absolute atomic E-state index is 3.55. The summed E-state index contributed by atoms with van der Waals surface area (Å²) in [5.41, 5.74) is 8.15. The Labute approximate surface area is 209 Å². The molecule has 5 aromatic rings. The molecule has 5 rings (SSSR count). The third-order valence-corrected chi connectivity index (χ3v) is 6.26. The number of hydrogen-bond donors (Lipinski definition) is 0. The largest absolute Gasteiger partial charge is 0.311 e. The van der Waals surface area contributed by atoms with E-state index in [1.54, 1.807) is 0 Å². The number of para-hydroxylation sites is 1. The molecule has 34 heavy (non-hydrogen) atoms. The summed E-state index contributed by atoms with van der Waals surface area (Å²) in [6, 6.07) is 48.8. The number of rotatable bonds is 6. The quantitative estimate of drug-likeness (QED) is 0.209. The second kappa shape index (κ2) is 10.4. The van der Waals surface area contributed by atoms with Gasteiger partial charge in [0.1, 0.15) is 0 Å². The first kappa shape index (κ1) is 21.9. The third-order valence-electron chi connectivity index (χ3n) is 5.73. The molecule has 0 spiro atoms. The van der Waals surface area contributed by atoms with Gasteiger partial charge in [0.2, 0.25) is 0 Å². The molecule has 1 nitrogen and oxygen atoms in total. The van der Waals surface area contributed by atoms with Crippen LogP contribution in [0.5, 0.6) is 0 Å². The fourth-order valence-corrected chi connectivity index (χ4v) is 4.33. The van der Waals surface area contributed by atoms with E-state index >= 15 is 0 Å². The van der Waals surface area contributed by atoms with Gasteiger partial charge in [0, 0.05) is 21.5 Å². The van der Waals surface area contributed by atoms with Gasteiger partial charge in [-0.3, -0.25) is 0 Å². The normalized spacial score (nSPS) is 10.5. The standard InChI is InChI=1S/C32H24BrN/c33-28-18-22-31(23-19-28)34(29-14-8-3-9-15-29)30-20-16-25(17-21-30)24-32(26-10-4-1-5-11-26)27-12-6-2-7-13-27/h1-24H. The van der Waals surface area contributed by atoms with Crippen LogP contribution in [0.2, 0.25) is 0 Å². The van der Waals surface area contributed by atoms with Crippen LogP contribution in [0.1, 0.15) is 16.7 Å². The molecule has 0 heterocycles. The van der Waals surface area contributed by atoms with E-state index < -0.39 is 0 Å². The molecule has 0 aromatic heterocycles. The van der Waals surface area contributed by atoms with Crippen molar-refractivity contribution in [1.82, 2.24) is 0 Å². The summed E-state index contributed by atoms with van der Waals surface area (Å²) < 4.78 is 1.07. The van der Waals surface area contributed by atoms with Crippen LogP contribution in [0, 0.1) is 0 Å². The predicted molar refractivity (Wildman–Crippen MR) is 149 cm³/mol. The Morgan fingerprint density at radius 2 is 0.882 bits per heavy atom. The predicted octanol–water partition coefficient (Wildman–Crippen LogP) is 9.51. The van der Waals surface area contributed by atoms with Crippen LogP contribution >= 0.6 is 15.9 Å². The molecule has 164 valence electrons. The Balaban J connectivity index is 1.54. The summed E-state index contributed by atoms with van der Waals surface area (Å²) in [5.74, 6) is 0. The van der Waals surface area contributed by atoms with E-state index in [-0.39, 0.29) is 0 Å². The zero-order valence-electron chi connectivity index (χ0n) is 18.7. The van der Waals surface area contributed by atoms with Crippen molar-refractivity contribution in [3.63, 3.8) is 0 Å². The van der Waals surface area contributed by atoms with Crippen LogP contribution in [-0.4, -0.2) is 0 Å². The van der Waals surface area contributed by atoms with Crippen LogP contribution in [0.3, 0.4) is 0 Å². The molecule has 5 aromatic carbocycles. The minimum atomic E-state index is 1.07. The van der Waals surface area contributed by atoms with Crippen LogP contribution in [-0.2, 0) is 0 Å². The number of anilines is 3. The minimum absolute atomic E-state index is 1.07. The molecule has 0 N–H and O–H groups in total.